The van der Waals surface area contributed by atoms with Crippen LogP contribution in [0.1, 0.15) is 43.5 Å². The molecule has 0 amide bonds. The Bertz CT molecular complexity index is 1450. The summed E-state index contributed by atoms with van der Waals surface area (Å²) in [6, 6.07) is 36.1. The first-order valence-corrected chi connectivity index (χ1v) is 31.7. The molecule has 0 bridgehead atoms. The predicted molar refractivity (Wildman–Crippen MR) is 154 cm³/mol. The summed E-state index contributed by atoms with van der Waals surface area (Å²) >= 11 is -2.20. The minimum Gasteiger partial charge on any atom is -1.00 e. The fraction of sp³-hybridized carbons (Fsp3) is 0.176. The van der Waals surface area contributed by atoms with Gasteiger partial charge in [-0.2, -0.15) is 0 Å². The Labute approximate surface area is 248 Å². The van der Waals surface area contributed by atoms with Crippen LogP contribution < -0.4 is 24.8 Å². The molecule has 0 aliphatic heterocycles. The second-order valence-corrected chi connectivity index (χ2v) is 50.6. The van der Waals surface area contributed by atoms with Crippen molar-refractivity contribution >= 4 is 22.2 Å². The van der Waals surface area contributed by atoms with E-state index in [2.05, 4.69) is 135 Å². The van der Waals surface area contributed by atoms with Crippen LogP contribution in [0.4, 0.5) is 0 Å². The number of fused-ring (bicyclic) bond motifs is 2. The zero-order chi connectivity index (χ0) is 24.8. The smallest absolute Gasteiger partial charge is 1.00 e. The van der Waals surface area contributed by atoms with Gasteiger partial charge in [0, 0.05) is 0 Å². The van der Waals surface area contributed by atoms with E-state index < -0.39 is 28.4 Å². The monoisotopic (exact) mass is 764 g/mol. The molecule has 4 heteroatoms. The van der Waals surface area contributed by atoms with Crippen LogP contribution in [0.3, 0.4) is 0 Å². The molecule has 0 aromatic heterocycles. The van der Waals surface area contributed by atoms with Crippen molar-refractivity contribution in [3.05, 3.63) is 130 Å². The van der Waals surface area contributed by atoms with Crippen LogP contribution in [-0.4, -0.2) is 10.1 Å². The molecule has 190 valence electrons. The number of hydrogen-bond acceptors (Lipinski definition) is 0. The van der Waals surface area contributed by atoms with Crippen molar-refractivity contribution in [3.8, 4) is 22.3 Å². The van der Waals surface area contributed by atoms with Crippen molar-refractivity contribution in [3.63, 3.8) is 0 Å². The minimum atomic E-state index is -2.20. The summed E-state index contributed by atoms with van der Waals surface area (Å²) in [5.41, 5.74) is 15.0. The summed E-state index contributed by atoms with van der Waals surface area (Å²) in [6.45, 7) is 4.86. The second-order valence-electron chi connectivity index (χ2n) is 10.4. The topological polar surface area (TPSA) is 0 Å². The molecule has 0 heterocycles. The standard InChI is InChI=1S/2C16H13.C2H6Ge.2ClH.Hf/c2*1-12-10-14-8-5-9-15(16(14)11-12)13-6-3-2-4-7-13;1-3-2;;;/h2*2-11H,1H3;1-2H3;2*1H;/q;;;;;+2/p-2. The third-order valence-corrected chi connectivity index (χ3v) is 51.8. The first-order valence-electron chi connectivity index (χ1n) is 12.9. The van der Waals surface area contributed by atoms with Crippen molar-refractivity contribution < 1.29 is 43.2 Å². The van der Waals surface area contributed by atoms with Crippen molar-refractivity contribution in [2.75, 3.05) is 0 Å². The average molecular weight is 763 g/mol. The molecular weight excluding hydrogens is 730 g/mol. The molecule has 0 spiro atoms. The van der Waals surface area contributed by atoms with Crippen LogP contribution in [0.5, 0.6) is 0 Å². The van der Waals surface area contributed by atoms with Gasteiger partial charge in [-0.05, 0) is 0 Å². The molecule has 0 saturated heterocycles. The van der Waals surface area contributed by atoms with Crippen LogP contribution in [0, 0.1) is 0 Å². The van der Waals surface area contributed by atoms with E-state index in [1.807, 2.05) is 0 Å². The predicted octanol–water partition coefficient (Wildman–Crippen LogP) is 3.51. The van der Waals surface area contributed by atoms with Crippen LogP contribution in [0.15, 0.2) is 108 Å². The summed E-state index contributed by atoms with van der Waals surface area (Å²) in [6.07, 6.45) is 5.09. The molecular formula is C34H32Cl2GeHf. The van der Waals surface area contributed by atoms with Gasteiger partial charge in [-0.1, -0.05) is 0 Å². The Morgan fingerprint density at radius 3 is 1.29 bits per heavy atom. The quantitative estimate of drug-likeness (QED) is 0.280. The van der Waals surface area contributed by atoms with Crippen molar-refractivity contribution in [1.82, 2.24) is 0 Å². The number of hydrogen-bond donors (Lipinski definition) is 0. The fourth-order valence-corrected chi connectivity index (χ4v) is 53.1. The zero-order valence-corrected chi connectivity index (χ0v) is 29.5. The molecule has 0 radical (unpaired) electrons. The SMILES string of the molecule is CC1=Cc2c(-c3ccccc3)cccc2[CH]1[Hf+2]([CH]1C(C)=Cc2c(-c3ccccc3)cccc21)=[Ge]([CH3])[CH3].[Cl-].[Cl-]. The molecule has 0 saturated carbocycles. The van der Waals surface area contributed by atoms with Gasteiger partial charge in [-0.15, -0.1) is 0 Å². The van der Waals surface area contributed by atoms with E-state index in [4.69, 9.17) is 0 Å². The summed E-state index contributed by atoms with van der Waals surface area (Å²) in [4.78, 5) is 0. The summed E-state index contributed by atoms with van der Waals surface area (Å²) < 4.78 is 1.41. The number of rotatable bonds is 4. The Balaban J connectivity index is 0.00000168. The van der Waals surface area contributed by atoms with Crippen LogP contribution in [0.25, 0.3) is 34.4 Å². The third kappa shape index (κ3) is 5.12. The maximum atomic E-state index is 2.68. The molecule has 2 atom stereocenters. The van der Waals surface area contributed by atoms with Crippen LogP contribution in [-0.2, 0) is 18.3 Å². The zero-order valence-electron chi connectivity index (χ0n) is 22.3. The second kappa shape index (κ2) is 12.3. The molecule has 2 unspecified atom stereocenters. The van der Waals surface area contributed by atoms with Gasteiger partial charge >= 0.3 is 226 Å². The molecule has 2 aliphatic carbocycles. The minimum absolute atomic E-state index is 0. The Kier molecular flexibility index (Phi) is 9.46. The molecule has 0 N–H and O–H groups in total. The maximum Gasteiger partial charge on any atom is -1.00 e. The van der Waals surface area contributed by atoms with Crippen LogP contribution >= 0.6 is 0 Å². The van der Waals surface area contributed by atoms with Gasteiger partial charge in [0.25, 0.3) is 0 Å². The van der Waals surface area contributed by atoms with Gasteiger partial charge in [0.2, 0.25) is 0 Å². The average Bonchev–Trinajstić information content (AvgIpc) is 3.41. The number of allylic oxidation sites excluding steroid dienone is 2. The number of halogens is 2. The maximum absolute atomic E-state index is 2.68. The van der Waals surface area contributed by atoms with Gasteiger partial charge in [-0.25, -0.2) is 0 Å². The van der Waals surface area contributed by atoms with Gasteiger partial charge < -0.3 is 24.8 Å². The van der Waals surface area contributed by atoms with Crippen molar-refractivity contribution in [2.24, 2.45) is 0 Å². The molecule has 2 aliphatic rings. The van der Waals surface area contributed by atoms with Crippen molar-refractivity contribution in [1.29, 1.82) is 0 Å². The van der Waals surface area contributed by atoms with E-state index in [-0.39, 0.29) is 24.8 Å². The summed E-state index contributed by atoms with van der Waals surface area (Å²) in [7, 11) is -1.15. The van der Waals surface area contributed by atoms with Gasteiger partial charge in [0.15, 0.2) is 0 Å². The Morgan fingerprint density at radius 1 is 0.526 bits per heavy atom. The van der Waals surface area contributed by atoms with Gasteiger partial charge in [0.1, 0.15) is 0 Å². The molecule has 0 nitrogen and oxygen atoms in total. The van der Waals surface area contributed by atoms with Crippen LogP contribution in [0.2, 0.25) is 11.5 Å². The normalized spacial score (nSPS) is 16.6. The first kappa shape index (κ1) is 29.3. The van der Waals surface area contributed by atoms with E-state index >= 15 is 0 Å². The Morgan fingerprint density at radius 2 is 0.921 bits per heavy atom. The Hall–Kier alpha value is -1.65. The van der Waals surface area contributed by atoms with Gasteiger partial charge in [-0.3, -0.25) is 0 Å². The molecule has 4 aromatic carbocycles. The molecule has 4 aromatic rings. The summed E-state index contributed by atoms with van der Waals surface area (Å²) in [5, 5.41) is 0. The largest absolute Gasteiger partial charge is 1.00 e. The number of benzene rings is 4. The van der Waals surface area contributed by atoms with Crippen molar-refractivity contribution in [2.45, 2.75) is 32.7 Å². The van der Waals surface area contributed by atoms with E-state index in [0.29, 0.717) is 7.35 Å². The van der Waals surface area contributed by atoms with E-state index in [9.17, 15) is 0 Å². The first-order chi connectivity index (χ1) is 17.5. The molecule has 38 heavy (non-hydrogen) atoms. The summed E-state index contributed by atoms with van der Waals surface area (Å²) in [5.74, 6) is 5.36. The van der Waals surface area contributed by atoms with E-state index in [1.165, 1.54) is 33.4 Å². The molecule has 0 fully saturated rings. The van der Waals surface area contributed by atoms with E-state index in [1.54, 1.807) is 22.3 Å². The third-order valence-electron chi connectivity index (χ3n) is 7.93. The van der Waals surface area contributed by atoms with E-state index in [0.717, 1.165) is 0 Å². The molecule has 6 rings (SSSR count). The fourth-order valence-electron chi connectivity index (χ4n) is 6.41. The van der Waals surface area contributed by atoms with Gasteiger partial charge in [0.05, 0.1) is 0 Å².